The van der Waals surface area contributed by atoms with Crippen molar-refractivity contribution in [2.45, 2.75) is 12.2 Å². The zero-order chi connectivity index (χ0) is 16.3. The molecular formula is C22H16O2. The molecule has 0 fully saturated rings. The first-order valence-electron chi connectivity index (χ1n) is 8.16. The van der Waals surface area contributed by atoms with Gasteiger partial charge in [-0.3, -0.25) is 0 Å². The van der Waals surface area contributed by atoms with Crippen molar-refractivity contribution in [2.75, 3.05) is 0 Å². The molecule has 0 amide bonds. The highest BCUT2D eigenvalue weighted by atomic mass is 16.3. The predicted octanol–water partition coefficient (Wildman–Crippen LogP) is 4.74. The molecule has 5 rings (SSSR count). The first kappa shape index (κ1) is 13.7. The number of hydrogen-bond acceptors (Lipinski definition) is 2. The maximum atomic E-state index is 10.9. The summed E-state index contributed by atoms with van der Waals surface area (Å²) in [6.07, 6.45) is -1.83. The number of rotatable bonds is 0. The second-order valence-electron chi connectivity index (χ2n) is 6.36. The van der Waals surface area contributed by atoms with Gasteiger partial charge in [-0.05, 0) is 43.8 Å². The summed E-state index contributed by atoms with van der Waals surface area (Å²) in [5, 5.41) is 25.9. The van der Waals surface area contributed by atoms with Crippen LogP contribution in [0.25, 0.3) is 32.7 Å². The van der Waals surface area contributed by atoms with Gasteiger partial charge in [0.1, 0.15) is 12.2 Å². The number of fused-ring (bicyclic) bond motifs is 8. The first-order valence-corrected chi connectivity index (χ1v) is 8.16. The maximum absolute atomic E-state index is 10.9. The summed E-state index contributed by atoms with van der Waals surface area (Å²) in [5.74, 6) is 0. The van der Waals surface area contributed by atoms with Crippen LogP contribution in [0.3, 0.4) is 0 Å². The molecule has 4 aromatic carbocycles. The third-order valence-electron chi connectivity index (χ3n) is 5.12. The summed E-state index contributed by atoms with van der Waals surface area (Å²) >= 11 is 0. The quantitative estimate of drug-likeness (QED) is 0.460. The summed E-state index contributed by atoms with van der Waals surface area (Å²) < 4.78 is 0. The fourth-order valence-electron chi connectivity index (χ4n) is 4.08. The van der Waals surface area contributed by atoms with Crippen LogP contribution in [0.15, 0.2) is 72.8 Å². The Kier molecular flexibility index (Phi) is 2.81. The number of aliphatic hydroxyl groups is 2. The Labute approximate surface area is 139 Å². The van der Waals surface area contributed by atoms with E-state index >= 15 is 0 Å². The summed E-state index contributed by atoms with van der Waals surface area (Å²) in [4.78, 5) is 0. The Balaban J connectivity index is 2.08. The first-order chi connectivity index (χ1) is 11.8. The fourth-order valence-corrected chi connectivity index (χ4v) is 4.08. The van der Waals surface area contributed by atoms with Gasteiger partial charge in [0, 0.05) is 0 Å². The average molecular weight is 312 g/mol. The summed E-state index contributed by atoms with van der Waals surface area (Å²) in [7, 11) is 0. The fraction of sp³-hybridized carbons (Fsp3) is 0.0909. The van der Waals surface area contributed by atoms with Gasteiger partial charge < -0.3 is 10.2 Å². The molecule has 0 spiro atoms. The van der Waals surface area contributed by atoms with E-state index in [1.165, 1.54) is 5.39 Å². The largest absolute Gasteiger partial charge is 0.385 e. The Morgan fingerprint density at radius 3 is 1.83 bits per heavy atom. The van der Waals surface area contributed by atoms with E-state index in [1.807, 2.05) is 54.6 Å². The summed E-state index contributed by atoms with van der Waals surface area (Å²) in [6.45, 7) is 0. The molecule has 2 nitrogen and oxygen atoms in total. The summed E-state index contributed by atoms with van der Waals surface area (Å²) in [5.41, 5.74) is 3.67. The normalized spacial score (nSPS) is 19.2. The molecule has 0 saturated carbocycles. The van der Waals surface area contributed by atoms with Gasteiger partial charge in [0.15, 0.2) is 0 Å². The van der Waals surface area contributed by atoms with Crippen LogP contribution in [0.4, 0.5) is 0 Å². The molecule has 2 N–H and O–H groups in total. The van der Waals surface area contributed by atoms with Crippen LogP contribution in [0.5, 0.6) is 0 Å². The molecule has 2 heteroatoms. The highest BCUT2D eigenvalue weighted by Gasteiger charge is 2.33. The van der Waals surface area contributed by atoms with E-state index in [2.05, 4.69) is 18.2 Å². The highest BCUT2D eigenvalue weighted by Crippen LogP contribution is 2.50. The van der Waals surface area contributed by atoms with Gasteiger partial charge in [0.05, 0.1) is 0 Å². The third kappa shape index (κ3) is 1.67. The van der Waals surface area contributed by atoms with Gasteiger partial charge >= 0.3 is 0 Å². The Morgan fingerprint density at radius 2 is 1.08 bits per heavy atom. The minimum Gasteiger partial charge on any atom is -0.385 e. The van der Waals surface area contributed by atoms with Gasteiger partial charge in [-0.2, -0.15) is 0 Å². The molecule has 0 heterocycles. The lowest BCUT2D eigenvalue weighted by atomic mass is 9.77. The zero-order valence-corrected chi connectivity index (χ0v) is 13.0. The van der Waals surface area contributed by atoms with Crippen molar-refractivity contribution in [3.05, 3.63) is 83.9 Å². The number of hydrogen-bond donors (Lipinski definition) is 2. The SMILES string of the molecule is O[C@H]1c2ccccc2-c2c(c3ccccc3c3ccccc23)[C@@H]1O. The molecular weight excluding hydrogens is 296 g/mol. The van der Waals surface area contributed by atoms with Crippen LogP contribution in [-0.4, -0.2) is 10.2 Å². The van der Waals surface area contributed by atoms with Crippen LogP contribution in [0, 0.1) is 0 Å². The number of aliphatic hydroxyl groups excluding tert-OH is 2. The van der Waals surface area contributed by atoms with Gasteiger partial charge in [-0.25, -0.2) is 0 Å². The van der Waals surface area contributed by atoms with Gasteiger partial charge in [-0.15, -0.1) is 0 Å². The van der Waals surface area contributed by atoms with E-state index < -0.39 is 12.2 Å². The average Bonchev–Trinajstić information content (AvgIpc) is 2.65. The van der Waals surface area contributed by atoms with E-state index in [1.54, 1.807) is 0 Å². The van der Waals surface area contributed by atoms with Crippen molar-refractivity contribution in [3.8, 4) is 11.1 Å². The minimum absolute atomic E-state index is 0.790. The molecule has 24 heavy (non-hydrogen) atoms. The molecule has 2 atom stereocenters. The second kappa shape index (κ2) is 4.91. The molecule has 1 aliphatic rings. The van der Waals surface area contributed by atoms with Crippen LogP contribution >= 0.6 is 0 Å². The maximum Gasteiger partial charge on any atom is 0.110 e. The van der Waals surface area contributed by atoms with Crippen molar-refractivity contribution in [2.24, 2.45) is 0 Å². The lowest BCUT2D eigenvalue weighted by Gasteiger charge is -2.31. The molecule has 0 bridgehead atoms. The minimum atomic E-state index is -0.926. The molecule has 0 radical (unpaired) electrons. The molecule has 0 saturated heterocycles. The van der Waals surface area contributed by atoms with Crippen molar-refractivity contribution >= 4 is 21.5 Å². The number of benzene rings is 4. The standard InChI is InChI=1S/C22H16O2/c23-21-18-12-6-5-11-17(18)19-15-9-3-1-7-13(15)14-8-2-4-10-16(14)20(19)22(21)24/h1-12,21-24H/t21-,22-/m0/s1. The lowest BCUT2D eigenvalue weighted by molar-refractivity contribution is 0.0168. The van der Waals surface area contributed by atoms with E-state index in [4.69, 9.17) is 0 Å². The Morgan fingerprint density at radius 1 is 0.542 bits per heavy atom. The molecule has 0 aromatic heterocycles. The van der Waals surface area contributed by atoms with E-state index in [-0.39, 0.29) is 0 Å². The summed E-state index contributed by atoms with van der Waals surface area (Å²) in [6, 6.07) is 24.2. The van der Waals surface area contributed by atoms with Crippen molar-refractivity contribution in [1.29, 1.82) is 0 Å². The second-order valence-corrected chi connectivity index (χ2v) is 6.36. The van der Waals surface area contributed by atoms with Crippen molar-refractivity contribution in [3.63, 3.8) is 0 Å². The molecule has 1 aliphatic carbocycles. The van der Waals surface area contributed by atoms with Gasteiger partial charge in [0.2, 0.25) is 0 Å². The Bertz CT molecular complexity index is 1100. The predicted molar refractivity (Wildman–Crippen MR) is 96.8 cm³/mol. The zero-order valence-electron chi connectivity index (χ0n) is 13.0. The van der Waals surface area contributed by atoms with Gasteiger partial charge in [0.25, 0.3) is 0 Å². The lowest BCUT2D eigenvalue weighted by Crippen LogP contribution is -2.18. The molecule has 4 aromatic rings. The monoisotopic (exact) mass is 312 g/mol. The van der Waals surface area contributed by atoms with E-state index in [0.717, 1.165) is 38.4 Å². The highest BCUT2D eigenvalue weighted by molar-refractivity contribution is 6.16. The smallest absolute Gasteiger partial charge is 0.110 e. The van der Waals surface area contributed by atoms with Crippen LogP contribution in [-0.2, 0) is 0 Å². The third-order valence-corrected chi connectivity index (χ3v) is 5.12. The van der Waals surface area contributed by atoms with Gasteiger partial charge in [-0.1, -0.05) is 72.8 Å². The molecule has 0 unspecified atom stereocenters. The topological polar surface area (TPSA) is 40.5 Å². The molecule has 116 valence electrons. The Hall–Kier alpha value is -2.68. The van der Waals surface area contributed by atoms with E-state index in [0.29, 0.717) is 0 Å². The van der Waals surface area contributed by atoms with Crippen LogP contribution in [0.1, 0.15) is 23.3 Å². The van der Waals surface area contributed by atoms with Crippen LogP contribution in [0.2, 0.25) is 0 Å². The van der Waals surface area contributed by atoms with Crippen molar-refractivity contribution < 1.29 is 10.2 Å². The van der Waals surface area contributed by atoms with Crippen molar-refractivity contribution in [1.82, 2.24) is 0 Å². The molecule has 0 aliphatic heterocycles. The van der Waals surface area contributed by atoms with Crippen LogP contribution < -0.4 is 0 Å². The van der Waals surface area contributed by atoms with E-state index in [9.17, 15) is 10.2 Å².